The Labute approximate surface area is 177 Å². The summed E-state index contributed by atoms with van der Waals surface area (Å²) in [5, 5.41) is 5.86. The SMILES string of the molecule is O=C(N/N=C\c1ccc(OCC(=O)N2CCOCC2)cc1)C(=O)Nc1ccccc1F. The molecule has 1 saturated heterocycles. The van der Waals surface area contributed by atoms with Crippen molar-refractivity contribution in [1.29, 1.82) is 0 Å². The van der Waals surface area contributed by atoms with Crippen LogP contribution in [0.15, 0.2) is 53.6 Å². The molecule has 3 rings (SSSR count). The van der Waals surface area contributed by atoms with Crippen LogP contribution in [0, 0.1) is 5.82 Å². The predicted molar refractivity (Wildman–Crippen MR) is 110 cm³/mol. The number of amides is 3. The number of halogens is 1. The Morgan fingerprint density at radius 2 is 1.77 bits per heavy atom. The first-order chi connectivity index (χ1) is 15.0. The van der Waals surface area contributed by atoms with Gasteiger partial charge < -0.3 is 19.7 Å². The van der Waals surface area contributed by atoms with Gasteiger partial charge in [-0.05, 0) is 42.0 Å². The van der Waals surface area contributed by atoms with Gasteiger partial charge >= 0.3 is 11.8 Å². The highest BCUT2D eigenvalue weighted by molar-refractivity contribution is 6.39. The van der Waals surface area contributed by atoms with Crippen LogP contribution in [-0.2, 0) is 19.1 Å². The fourth-order valence-electron chi connectivity index (χ4n) is 2.66. The maximum Gasteiger partial charge on any atom is 0.329 e. The minimum absolute atomic E-state index is 0.0688. The number of para-hydroxylation sites is 1. The average molecular weight is 428 g/mol. The van der Waals surface area contributed by atoms with Gasteiger partial charge in [0.05, 0.1) is 25.1 Å². The fraction of sp³-hybridized carbons (Fsp3) is 0.238. The van der Waals surface area contributed by atoms with Gasteiger partial charge in [0, 0.05) is 13.1 Å². The van der Waals surface area contributed by atoms with Crippen LogP contribution in [0.1, 0.15) is 5.56 Å². The van der Waals surface area contributed by atoms with Crippen molar-refractivity contribution in [2.75, 3.05) is 38.2 Å². The van der Waals surface area contributed by atoms with E-state index in [4.69, 9.17) is 9.47 Å². The van der Waals surface area contributed by atoms with Gasteiger partial charge in [0.15, 0.2) is 6.61 Å². The first kappa shape index (κ1) is 21.9. The molecule has 0 radical (unpaired) electrons. The molecular weight excluding hydrogens is 407 g/mol. The molecule has 3 amide bonds. The standard InChI is InChI=1S/C21H21FN4O5/c22-17-3-1-2-4-18(17)24-20(28)21(29)25-23-13-15-5-7-16(8-6-15)31-14-19(27)26-9-11-30-12-10-26/h1-8,13H,9-12,14H2,(H,24,28)(H,25,29)/b23-13-. The van der Waals surface area contributed by atoms with Gasteiger partial charge in [-0.3, -0.25) is 14.4 Å². The summed E-state index contributed by atoms with van der Waals surface area (Å²) < 4.78 is 24.2. The van der Waals surface area contributed by atoms with Crippen molar-refractivity contribution in [3.63, 3.8) is 0 Å². The van der Waals surface area contributed by atoms with E-state index < -0.39 is 17.6 Å². The summed E-state index contributed by atoms with van der Waals surface area (Å²) in [5.41, 5.74) is 2.59. The van der Waals surface area contributed by atoms with Gasteiger partial charge in [0.25, 0.3) is 5.91 Å². The number of rotatable bonds is 6. The second-order valence-electron chi connectivity index (χ2n) is 6.48. The minimum Gasteiger partial charge on any atom is -0.484 e. The molecule has 2 aromatic carbocycles. The largest absolute Gasteiger partial charge is 0.484 e. The maximum absolute atomic E-state index is 13.5. The van der Waals surface area contributed by atoms with Crippen molar-refractivity contribution in [3.8, 4) is 5.75 Å². The van der Waals surface area contributed by atoms with E-state index >= 15 is 0 Å². The smallest absolute Gasteiger partial charge is 0.329 e. The fourth-order valence-corrected chi connectivity index (χ4v) is 2.66. The van der Waals surface area contributed by atoms with Crippen molar-refractivity contribution in [2.45, 2.75) is 0 Å². The molecule has 10 heteroatoms. The Balaban J connectivity index is 1.43. The zero-order valence-electron chi connectivity index (χ0n) is 16.5. The molecule has 1 fully saturated rings. The zero-order valence-corrected chi connectivity index (χ0v) is 16.5. The van der Waals surface area contributed by atoms with Gasteiger partial charge in [-0.1, -0.05) is 12.1 Å². The van der Waals surface area contributed by atoms with Crippen LogP contribution >= 0.6 is 0 Å². The van der Waals surface area contributed by atoms with E-state index in [1.807, 2.05) is 0 Å². The molecule has 0 atom stereocenters. The number of hydrogen-bond acceptors (Lipinski definition) is 6. The molecule has 31 heavy (non-hydrogen) atoms. The molecule has 2 aromatic rings. The third-order valence-electron chi connectivity index (χ3n) is 4.31. The first-order valence-corrected chi connectivity index (χ1v) is 9.50. The summed E-state index contributed by atoms with van der Waals surface area (Å²) in [6.07, 6.45) is 1.33. The number of morpholine rings is 1. The molecule has 1 heterocycles. The third kappa shape index (κ3) is 6.61. The lowest BCUT2D eigenvalue weighted by atomic mass is 10.2. The molecule has 1 aliphatic rings. The zero-order chi connectivity index (χ0) is 22.1. The van der Waals surface area contributed by atoms with Gasteiger partial charge in [-0.25, -0.2) is 9.82 Å². The number of nitrogens with one attached hydrogen (secondary N) is 2. The molecule has 0 bridgehead atoms. The van der Waals surface area contributed by atoms with Crippen LogP contribution in [0.3, 0.4) is 0 Å². The number of carbonyl (C=O) groups excluding carboxylic acids is 3. The van der Waals surface area contributed by atoms with Gasteiger partial charge in [-0.15, -0.1) is 0 Å². The van der Waals surface area contributed by atoms with Crippen molar-refractivity contribution < 1.29 is 28.2 Å². The Bertz CT molecular complexity index is 958. The van der Waals surface area contributed by atoms with E-state index in [1.54, 1.807) is 29.2 Å². The van der Waals surface area contributed by atoms with E-state index in [0.29, 0.717) is 37.6 Å². The lowest BCUT2D eigenvalue weighted by Crippen LogP contribution is -2.42. The quantitative estimate of drug-likeness (QED) is 0.408. The van der Waals surface area contributed by atoms with Crippen LogP contribution in [0.5, 0.6) is 5.75 Å². The number of nitrogens with zero attached hydrogens (tertiary/aromatic N) is 2. The van der Waals surface area contributed by atoms with Crippen LogP contribution in [0.2, 0.25) is 0 Å². The Hall–Kier alpha value is -3.79. The Morgan fingerprint density at radius 3 is 2.48 bits per heavy atom. The van der Waals surface area contributed by atoms with Crippen molar-refractivity contribution in [2.24, 2.45) is 5.10 Å². The summed E-state index contributed by atoms with van der Waals surface area (Å²) >= 11 is 0. The van der Waals surface area contributed by atoms with Crippen LogP contribution < -0.4 is 15.5 Å². The summed E-state index contributed by atoms with van der Waals surface area (Å²) in [6, 6.07) is 12.1. The van der Waals surface area contributed by atoms with E-state index in [0.717, 1.165) is 6.07 Å². The molecule has 0 spiro atoms. The monoisotopic (exact) mass is 428 g/mol. The van der Waals surface area contributed by atoms with E-state index in [9.17, 15) is 18.8 Å². The molecule has 2 N–H and O–H groups in total. The van der Waals surface area contributed by atoms with Crippen LogP contribution in [0.25, 0.3) is 0 Å². The lowest BCUT2D eigenvalue weighted by molar-refractivity contribution is -0.137. The molecule has 0 aromatic heterocycles. The van der Waals surface area contributed by atoms with Crippen LogP contribution in [-0.4, -0.2) is 61.7 Å². The molecule has 1 aliphatic heterocycles. The van der Waals surface area contributed by atoms with E-state index in [-0.39, 0.29) is 18.2 Å². The van der Waals surface area contributed by atoms with Gasteiger partial charge in [0.1, 0.15) is 11.6 Å². The van der Waals surface area contributed by atoms with Crippen molar-refractivity contribution >= 4 is 29.6 Å². The molecule has 162 valence electrons. The predicted octanol–water partition coefficient (Wildman–Crippen LogP) is 1.15. The highest BCUT2D eigenvalue weighted by Gasteiger charge is 2.17. The topological polar surface area (TPSA) is 109 Å². The third-order valence-corrected chi connectivity index (χ3v) is 4.31. The van der Waals surface area contributed by atoms with Gasteiger partial charge in [0.2, 0.25) is 0 Å². The average Bonchev–Trinajstić information content (AvgIpc) is 2.80. The van der Waals surface area contributed by atoms with E-state index in [1.165, 1.54) is 24.4 Å². The van der Waals surface area contributed by atoms with Crippen molar-refractivity contribution in [1.82, 2.24) is 10.3 Å². The van der Waals surface area contributed by atoms with E-state index in [2.05, 4.69) is 15.8 Å². The number of ether oxygens (including phenoxy) is 2. The van der Waals surface area contributed by atoms with Gasteiger partial charge in [-0.2, -0.15) is 5.10 Å². The second kappa shape index (κ2) is 10.8. The first-order valence-electron chi connectivity index (χ1n) is 9.50. The number of carbonyl (C=O) groups is 3. The maximum atomic E-state index is 13.5. The van der Waals surface area contributed by atoms with Crippen LogP contribution in [0.4, 0.5) is 10.1 Å². The number of hydrogen-bond donors (Lipinski definition) is 2. The Morgan fingerprint density at radius 1 is 1.06 bits per heavy atom. The number of anilines is 1. The molecule has 0 aliphatic carbocycles. The lowest BCUT2D eigenvalue weighted by Gasteiger charge is -2.26. The summed E-state index contributed by atoms with van der Waals surface area (Å²) in [4.78, 5) is 37.3. The molecular formula is C21H21FN4O5. The normalized spacial score (nSPS) is 13.6. The molecule has 0 unspecified atom stereocenters. The molecule has 0 saturated carbocycles. The Kier molecular flexibility index (Phi) is 7.66. The second-order valence-corrected chi connectivity index (χ2v) is 6.48. The van der Waals surface area contributed by atoms with Crippen molar-refractivity contribution in [3.05, 3.63) is 59.9 Å². The number of benzene rings is 2. The summed E-state index contributed by atoms with van der Waals surface area (Å²) in [7, 11) is 0. The molecule has 9 nitrogen and oxygen atoms in total. The summed E-state index contributed by atoms with van der Waals surface area (Å²) in [5.74, 6) is -2.34. The number of hydrazone groups is 1. The highest BCUT2D eigenvalue weighted by Crippen LogP contribution is 2.13. The minimum atomic E-state index is -1.05. The summed E-state index contributed by atoms with van der Waals surface area (Å²) in [6.45, 7) is 2.10. The highest BCUT2D eigenvalue weighted by atomic mass is 19.1.